The van der Waals surface area contributed by atoms with Gasteiger partial charge in [0.25, 0.3) is 11.8 Å². The largest absolute Gasteiger partial charge is 0.326 e. The molecule has 0 fully saturated rings. The van der Waals surface area contributed by atoms with Crippen LogP contribution in [-0.4, -0.2) is 38.7 Å². The van der Waals surface area contributed by atoms with E-state index in [9.17, 15) is 14.4 Å². The predicted octanol–water partition coefficient (Wildman–Crippen LogP) is 3.85. The first kappa shape index (κ1) is 19.8. The molecule has 0 saturated carbocycles. The summed E-state index contributed by atoms with van der Waals surface area (Å²) in [5.41, 5.74) is 3.10. The Kier molecular flexibility index (Phi) is 5.37. The second-order valence-electron chi connectivity index (χ2n) is 7.10. The van der Waals surface area contributed by atoms with Gasteiger partial charge in [-0.3, -0.25) is 19.3 Å². The number of carbonyl (C=O) groups is 3. The summed E-state index contributed by atoms with van der Waals surface area (Å²) in [7, 11) is 0. The van der Waals surface area contributed by atoms with Gasteiger partial charge in [-0.2, -0.15) is 0 Å². The van der Waals surface area contributed by atoms with Crippen molar-refractivity contribution in [3.8, 4) is 5.69 Å². The van der Waals surface area contributed by atoms with Crippen LogP contribution in [0.4, 0.5) is 5.69 Å². The van der Waals surface area contributed by atoms with Gasteiger partial charge in [0, 0.05) is 31.0 Å². The highest BCUT2D eigenvalue weighted by molar-refractivity contribution is 6.32. The second kappa shape index (κ2) is 8.12. The molecule has 3 aromatic rings. The van der Waals surface area contributed by atoms with Crippen molar-refractivity contribution in [3.05, 3.63) is 76.8 Å². The Morgan fingerprint density at radius 1 is 1.10 bits per heavy atom. The molecule has 3 amide bonds. The number of anilines is 1. The molecule has 1 aromatic heterocycles. The lowest BCUT2D eigenvalue weighted by Crippen LogP contribution is -2.31. The first-order valence-corrected chi connectivity index (χ1v) is 9.86. The van der Waals surface area contributed by atoms with Crippen molar-refractivity contribution < 1.29 is 14.4 Å². The van der Waals surface area contributed by atoms with Gasteiger partial charge < -0.3 is 9.88 Å². The minimum Gasteiger partial charge on any atom is -0.326 e. The number of halogens is 1. The van der Waals surface area contributed by atoms with Gasteiger partial charge in [0.05, 0.1) is 28.2 Å². The number of rotatable bonds is 6. The summed E-state index contributed by atoms with van der Waals surface area (Å²) >= 11 is 6.30. The Morgan fingerprint density at radius 2 is 1.90 bits per heavy atom. The number of benzene rings is 2. The molecular weight excluding hydrogens is 404 g/mol. The number of nitrogens with zero attached hydrogens (tertiary/aromatic N) is 3. The van der Waals surface area contributed by atoms with Gasteiger partial charge in [0.15, 0.2) is 0 Å². The van der Waals surface area contributed by atoms with E-state index < -0.39 is 0 Å². The summed E-state index contributed by atoms with van der Waals surface area (Å²) in [5, 5.41) is 3.27. The molecule has 1 N–H and O–H groups in total. The Labute approximate surface area is 178 Å². The summed E-state index contributed by atoms with van der Waals surface area (Å²) in [4.78, 5) is 42.4. The number of hydrogen-bond donors (Lipinski definition) is 1. The molecule has 2 aromatic carbocycles. The molecular formula is C22H19ClN4O3. The maximum Gasteiger partial charge on any atom is 0.261 e. The monoisotopic (exact) mass is 422 g/mol. The van der Waals surface area contributed by atoms with Crippen molar-refractivity contribution in [2.45, 2.75) is 19.8 Å². The van der Waals surface area contributed by atoms with E-state index >= 15 is 0 Å². The van der Waals surface area contributed by atoms with E-state index in [1.165, 1.54) is 4.90 Å². The molecule has 2 heterocycles. The molecule has 1 aliphatic rings. The minimum atomic E-state index is -0.308. The number of nitrogens with one attached hydrogen (secondary N) is 1. The first-order chi connectivity index (χ1) is 14.4. The number of fused-ring (bicyclic) bond motifs is 1. The Balaban J connectivity index is 1.32. The van der Waals surface area contributed by atoms with Gasteiger partial charge in [-0.15, -0.1) is 0 Å². The summed E-state index contributed by atoms with van der Waals surface area (Å²) < 4.78 is 1.78. The summed E-state index contributed by atoms with van der Waals surface area (Å²) in [6.07, 6.45) is 5.62. The van der Waals surface area contributed by atoms with Crippen molar-refractivity contribution in [2.75, 3.05) is 11.9 Å². The molecule has 30 heavy (non-hydrogen) atoms. The van der Waals surface area contributed by atoms with Gasteiger partial charge in [0.2, 0.25) is 5.91 Å². The lowest BCUT2D eigenvalue weighted by molar-refractivity contribution is -0.116. The highest BCUT2D eigenvalue weighted by Gasteiger charge is 2.34. The highest BCUT2D eigenvalue weighted by atomic mass is 35.5. The zero-order chi connectivity index (χ0) is 21.3. The molecule has 0 spiro atoms. The Bertz CT molecular complexity index is 1140. The normalized spacial score (nSPS) is 12.9. The fraction of sp³-hybridized carbons (Fsp3) is 0.182. The fourth-order valence-electron chi connectivity index (χ4n) is 3.42. The summed E-state index contributed by atoms with van der Waals surface area (Å²) in [6.45, 7) is 2.07. The first-order valence-electron chi connectivity index (χ1n) is 9.48. The predicted molar refractivity (Wildman–Crippen MR) is 113 cm³/mol. The molecule has 0 radical (unpaired) electrons. The van der Waals surface area contributed by atoms with E-state index in [2.05, 4.69) is 10.3 Å². The Morgan fingerprint density at radius 3 is 2.63 bits per heavy atom. The van der Waals surface area contributed by atoms with Crippen LogP contribution >= 0.6 is 11.6 Å². The van der Waals surface area contributed by atoms with Crippen LogP contribution in [0.1, 0.15) is 39.1 Å². The summed E-state index contributed by atoms with van der Waals surface area (Å²) in [5.74, 6) is -0.827. The molecule has 1 aliphatic heterocycles. The molecule has 0 unspecified atom stereocenters. The fourth-order valence-corrected chi connectivity index (χ4v) is 3.70. The van der Waals surface area contributed by atoms with Crippen LogP contribution in [-0.2, 0) is 4.79 Å². The number of imidazole rings is 1. The van der Waals surface area contributed by atoms with Crippen molar-refractivity contribution in [1.82, 2.24) is 14.5 Å². The highest BCUT2D eigenvalue weighted by Crippen LogP contribution is 2.25. The average Bonchev–Trinajstić information content (AvgIpc) is 3.31. The van der Waals surface area contributed by atoms with Crippen molar-refractivity contribution in [1.29, 1.82) is 0 Å². The van der Waals surface area contributed by atoms with Crippen LogP contribution in [0.5, 0.6) is 0 Å². The molecule has 4 rings (SSSR count). The van der Waals surface area contributed by atoms with Crippen LogP contribution in [0.3, 0.4) is 0 Å². The van der Waals surface area contributed by atoms with Crippen molar-refractivity contribution in [3.63, 3.8) is 0 Å². The van der Waals surface area contributed by atoms with Crippen LogP contribution in [0.25, 0.3) is 5.69 Å². The number of amides is 3. The minimum absolute atomic E-state index is 0.174. The summed E-state index contributed by atoms with van der Waals surface area (Å²) in [6, 6.07) is 10.4. The van der Waals surface area contributed by atoms with Crippen LogP contribution in [0.2, 0.25) is 5.02 Å². The van der Waals surface area contributed by atoms with Crippen LogP contribution < -0.4 is 5.32 Å². The van der Waals surface area contributed by atoms with Gasteiger partial charge in [-0.25, -0.2) is 4.98 Å². The van der Waals surface area contributed by atoms with Gasteiger partial charge >= 0.3 is 0 Å². The molecule has 152 valence electrons. The standard InChI is InChI=1S/C22H19ClN4O3/c1-14-4-6-16-17(11-14)22(30)27(21(16)29)9-2-3-20(28)25-15-5-7-19(18(23)12-15)26-10-8-24-13-26/h4-8,10-13H,2-3,9H2,1H3,(H,25,28). The number of carbonyl (C=O) groups excluding carboxylic acids is 3. The van der Waals surface area contributed by atoms with Crippen LogP contribution in [0.15, 0.2) is 55.1 Å². The second-order valence-corrected chi connectivity index (χ2v) is 7.51. The lowest BCUT2D eigenvalue weighted by atomic mass is 10.1. The zero-order valence-electron chi connectivity index (χ0n) is 16.3. The third-order valence-corrected chi connectivity index (χ3v) is 5.23. The van der Waals surface area contributed by atoms with E-state index in [1.807, 2.05) is 13.0 Å². The van der Waals surface area contributed by atoms with Gasteiger partial charge in [0.1, 0.15) is 0 Å². The SMILES string of the molecule is Cc1ccc2c(c1)C(=O)N(CCCC(=O)Nc1ccc(-n3ccnc3)c(Cl)c1)C2=O. The third-order valence-electron chi connectivity index (χ3n) is 4.93. The average molecular weight is 423 g/mol. The number of hydrogen-bond acceptors (Lipinski definition) is 4. The molecule has 0 bridgehead atoms. The molecule has 0 atom stereocenters. The topological polar surface area (TPSA) is 84.3 Å². The van der Waals surface area contributed by atoms with Crippen molar-refractivity contribution in [2.24, 2.45) is 0 Å². The van der Waals surface area contributed by atoms with E-state index in [0.29, 0.717) is 28.3 Å². The van der Waals surface area contributed by atoms with Crippen LogP contribution in [0, 0.1) is 6.92 Å². The van der Waals surface area contributed by atoms with E-state index in [4.69, 9.17) is 11.6 Å². The number of imide groups is 1. The Hall–Kier alpha value is -3.45. The van der Waals surface area contributed by atoms with E-state index in [0.717, 1.165) is 11.3 Å². The smallest absolute Gasteiger partial charge is 0.261 e. The molecule has 0 aliphatic carbocycles. The quantitative estimate of drug-likeness (QED) is 0.611. The van der Waals surface area contributed by atoms with Gasteiger partial charge in [-0.05, 0) is 43.7 Å². The van der Waals surface area contributed by atoms with E-state index in [-0.39, 0.29) is 30.7 Å². The maximum absolute atomic E-state index is 12.5. The van der Waals surface area contributed by atoms with Gasteiger partial charge in [-0.1, -0.05) is 23.2 Å². The molecule has 8 heteroatoms. The lowest BCUT2D eigenvalue weighted by Gasteiger charge is -2.13. The number of aryl methyl sites for hydroxylation is 1. The maximum atomic E-state index is 12.5. The van der Waals surface area contributed by atoms with E-state index in [1.54, 1.807) is 53.6 Å². The van der Waals surface area contributed by atoms with Crippen molar-refractivity contribution >= 4 is 35.0 Å². The molecule has 0 saturated heterocycles. The zero-order valence-corrected chi connectivity index (χ0v) is 17.0. The third kappa shape index (κ3) is 3.84. The number of aromatic nitrogens is 2. The molecule has 7 nitrogen and oxygen atoms in total.